The molecule has 0 amide bonds. The summed E-state index contributed by atoms with van der Waals surface area (Å²) in [5.41, 5.74) is 4.30. The minimum absolute atomic E-state index is 0.282. The summed E-state index contributed by atoms with van der Waals surface area (Å²) in [6, 6.07) is 8.88. The zero-order valence-electron chi connectivity index (χ0n) is 17.6. The van der Waals surface area contributed by atoms with Crippen molar-refractivity contribution in [2.45, 2.75) is 46.7 Å². The quantitative estimate of drug-likeness (QED) is 0.767. The van der Waals surface area contributed by atoms with E-state index in [1.54, 1.807) is 0 Å². The molecule has 2 aromatic rings. The maximum absolute atomic E-state index is 9.11. The van der Waals surface area contributed by atoms with E-state index < -0.39 is 0 Å². The van der Waals surface area contributed by atoms with Gasteiger partial charge in [0.1, 0.15) is 0 Å². The molecular formula is C23H37N3O. The number of fused-ring (bicyclic) bond motifs is 1. The van der Waals surface area contributed by atoms with Gasteiger partial charge in [0.25, 0.3) is 0 Å². The molecule has 4 heteroatoms. The van der Waals surface area contributed by atoms with Crippen molar-refractivity contribution < 1.29 is 5.11 Å². The molecule has 1 N–H and O–H groups in total. The summed E-state index contributed by atoms with van der Waals surface area (Å²) in [7, 11) is 2.27. The van der Waals surface area contributed by atoms with E-state index in [1.165, 1.54) is 35.0 Å². The number of β-amino-alcohol motifs (C(OH)–C–C–N with tert-alkyl or cyclic N) is 1. The molecule has 1 aliphatic rings. The average molecular weight is 372 g/mol. The second-order valence-corrected chi connectivity index (χ2v) is 8.79. The van der Waals surface area contributed by atoms with Crippen LogP contribution >= 0.6 is 0 Å². The summed E-state index contributed by atoms with van der Waals surface area (Å²) >= 11 is 0. The molecule has 150 valence electrons. The van der Waals surface area contributed by atoms with Crippen molar-refractivity contribution in [1.82, 2.24) is 14.4 Å². The van der Waals surface area contributed by atoms with Crippen LogP contribution in [0, 0.1) is 18.8 Å². The molecule has 0 saturated carbocycles. The normalized spacial score (nSPS) is 16.9. The fourth-order valence-corrected chi connectivity index (χ4v) is 4.61. The second-order valence-electron chi connectivity index (χ2n) is 8.79. The van der Waals surface area contributed by atoms with Gasteiger partial charge in [-0.3, -0.25) is 0 Å². The lowest BCUT2D eigenvalue weighted by Gasteiger charge is -2.33. The molecule has 0 spiro atoms. The minimum atomic E-state index is 0.282. The van der Waals surface area contributed by atoms with Gasteiger partial charge in [-0.15, -0.1) is 0 Å². The Balaban J connectivity index is 1.68. The highest BCUT2D eigenvalue weighted by Crippen LogP contribution is 2.28. The van der Waals surface area contributed by atoms with Crippen LogP contribution < -0.4 is 0 Å². The Labute approximate surface area is 164 Å². The largest absolute Gasteiger partial charge is 0.395 e. The molecule has 0 atom stereocenters. The van der Waals surface area contributed by atoms with Gasteiger partial charge in [0.05, 0.1) is 6.61 Å². The zero-order chi connectivity index (χ0) is 19.4. The first-order valence-electron chi connectivity index (χ1n) is 10.6. The van der Waals surface area contributed by atoms with Crippen molar-refractivity contribution in [1.29, 1.82) is 0 Å². The maximum atomic E-state index is 9.11. The van der Waals surface area contributed by atoms with E-state index in [-0.39, 0.29) is 6.61 Å². The van der Waals surface area contributed by atoms with Gasteiger partial charge in [-0.2, -0.15) is 0 Å². The molecule has 1 fully saturated rings. The highest BCUT2D eigenvalue weighted by atomic mass is 16.3. The molecule has 2 heterocycles. The van der Waals surface area contributed by atoms with Crippen LogP contribution in [0.3, 0.4) is 0 Å². The lowest BCUT2D eigenvalue weighted by atomic mass is 9.96. The maximum Gasteiger partial charge on any atom is 0.0558 e. The van der Waals surface area contributed by atoms with Gasteiger partial charge in [0, 0.05) is 42.8 Å². The number of aliphatic hydroxyl groups is 1. The Morgan fingerprint density at radius 3 is 2.56 bits per heavy atom. The van der Waals surface area contributed by atoms with Crippen molar-refractivity contribution in [2.75, 3.05) is 39.8 Å². The van der Waals surface area contributed by atoms with Gasteiger partial charge in [-0.25, -0.2) is 0 Å². The van der Waals surface area contributed by atoms with E-state index in [2.05, 4.69) is 66.5 Å². The fraction of sp³-hybridized carbons (Fsp3) is 0.652. The number of nitrogens with zero attached hydrogens (tertiary/aromatic N) is 3. The fourth-order valence-electron chi connectivity index (χ4n) is 4.61. The summed E-state index contributed by atoms with van der Waals surface area (Å²) < 4.78 is 2.51. The van der Waals surface area contributed by atoms with Crippen LogP contribution in [0.25, 0.3) is 10.9 Å². The second kappa shape index (κ2) is 9.22. The van der Waals surface area contributed by atoms with E-state index in [0.717, 1.165) is 45.2 Å². The van der Waals surface area contributed by atoms with E-state index in [4.69, 9.17) is 5.11 Å². The van der Waals surface area contributed by atoms with Gasteiger partial charge in [0.15, 0.2) is 0 Å². The summed E-state index contributed by atoms with van der Waals surface area (Å²) in [4.78, 5) is 4.90. The summed E-state index contributed by atoms with van der Waals surface area (Å²) in [5, 5.41) is 10.5. The summed E-state index contributed by atoms with van der Waals surface area (Å²) in [6.45, 7) is 13.5. The van der Waals surface area contributed by atoms with Crippen LogP contribution in [0.5, 0.6) is 0 Å². The number of aliphatic hydroxyl groups excluding tert-OH is 1. The molecule has 0 aliphatic carbocycles. The smallest absolute Gasteiger partial charge is 0.0558 e. The number of hydrogen-bond donors (Lipinski definition) is 1. The van der Waals surface area contributed by atoms with Crippen LogP contribution in [0.4, 0.5) is 0 Å². The number of para-hydroxylation sites is 1. The first-order chi connectivity index (χ1) is 13.0. The lowest BCUT2D eigenvalue weighted by molar-refractivity contribution is 0.129. The van der Waals surface area contributed by atoms with Gasteiger partial charge in [-0.1, -0.05) is 32.0 Å². The predicted octanol–water partition coefficient (Wildman–Crippen LogP) is 3.74. The van der Waals surface area contributed by atoms with E-state index in [0.29, 0.717) is 5.92 Å². The molecule has 4 nitrogen and oxygen atoms in total. The predicted molar refractivity (Wildman–Crippen MR) is 114 cm³/mol. The molecule has 27 heavy (non-hydrogen) atoms. The van der Waals surface area contributed by atoms with Crippen molar-refractivity contribution in [3.63, 3.8) is 0 Å². The molecule has 1 aliphatic heterocycles. The van der Waals surface area contributed by atoms with Crippen LogP contribution in [0.15, 0.2) is 24.3 Å². The Bertz CT molecular complexity index is 729. The van der Waals surface area contributed by atoms with Gasteiger partial charge >= 0.3 is 0 Å². The van der Waals surface area contributed by atoms with Crippen molar-refractivity contribution in [2.24, 2.45) is 11.8 Å². The third-order valence-electron chi connectivity index (χ3n) is 6.03. The number of piperidine rings is 1. The monoisotopic (exact) mass is 371 g/mol. The lowest BCUT2D eigenvalue weighted by Crippen LogP contribution is -2.38. The van der Waals surface area contributed by atoms with Crippen molar-refractivity contribution in [3.8, 4) is 0 Å². The molecular weight excluding hydrogens is 334 g/mol. The van der Waals surface area contributed by atoms with Crippen molar-refractivity contribution in [3.05, 3.63) is 35.5 Å². The van der Waals surface area contributed by atoms with Gasteiger partial charge in [-0.05, 0) is 63.4 Å². The number of aromatic nitrogens is 1. The molecule has 1 saturated heterocycles. The van der Waals surface area contributed by atoms with Crippen LogP contribution in [-0.2, 0) is 13.1 Å². The highest BCUT2D eigenvalue weighted by Gasteiger charge is 2.21. The minimum Gasteiger partial charge on any atom is -0.395 e. The van der Waals surface area contributed by atoms with Gasteiger partial charge in [0.2, 0.25) is 0 Å². The van der Waals surface area contributed by atoms with Crippen LogP contribution in [-0.4, -0.2) is 59.3 Å². The molecule has 0 radical (unpaired) electrons. The van der Waals surface area contributed by atoms with Crippen LogP contribution in [0.2, 0.25) is 0 Å². The third kappa shape index (κ3) is 4.92. The third-order valence-corrected chi connectivity index (χ3v) is 6.03. The molecule has 0 unspecified atom stereocenters. The van der Waals surface area contributed by atoms with E-state index in [9.17, 15) is 0 Å². The SMILES string of the molecule is Cc1c(CN(C)CC2CCN(CCO)CC2)c2ccccc2n1CC(C)C. The number of rotatable bonds is 8. The van der Waals surface area contributed by atoms with Crippen molar-refractivity contribution >= 4 is 10.9 Å². The van der Waals surface area contributed by atoms with E-state index in [1.807, 2.05) is 0 Å². The Morgan fingerprint density at radius 1 is 1.19 bits per heavy atom. The number of likely N-dealkylation sites (tertiary alicyclic amines) is 1. The summed E-state index contributed by atoms with van der Waals surface area (Å²) in [5.74, 6) is 1.42. The summed E-state index contributed by atoms with van der Waals surface area (Å²) in [6.07, 6.45) is 2.50. The highest BCUT2D eigenvalue weighted by molar-refractivity contribution is 5.85. The van der Waals surface area contributed by atoms with E-state index >= 15 is 0 Å². The topological polar surface area (TPSA) is 31.6 Å². The first kappa shape index (κ1) is 20.4. The molecule has 0 bridgehead atoms. The number of benzene rings is 1. The number of hydrogen-bond acceptors (Lipinski definition) is 3. The Hall–Kier alpha value is -1.36. The van der Waals surface area contributed by atoms with Crippen LogP contribution in [0.1, 0.15) is 37.9 Å². The molecule has 1 aromatic carbocycles. The zero-order valence-corrected chi connectivity index (χ0v) is 17.6. The first-order valence-corrected chi connectivity index (χ1v) is 10.6. The Kier molecular flexibility index (Phi) is 6.96. The van der Waals surface area contributed by atoms with Gasteiger partial charge < -0.3 is 19.5 Å². The average Bonchev–Trinajstić information content (AvgIpc) is 2.89. The molecule has 3 rings (SSSR count). The Morgan fingerprint density at radius 2 is 1.89 bits per heavy atom. The standard InChI is InChI=1S/C23H37N3O/c1-18(2)15-26-19(3)22(21-7-5-6-8-23(21)26)17-24(4)16-20-9-11-25(12-10-20)13-14-27/h5-8,18,20,27H,9-17H2,1-4H3. The molecule has 1 aromatic heterocycles.